The first kappa shape index (κ1) is 20.9. The normalized spacial score (nSPS) is 14.8. The van der Waals surface area contributed by atoms with E-state index in [4.69, 9.17) is 0 Å². The minimum Gasteiger partial charge on any atom is -0.335 e. The van der Waals surface area contributed by atoms with Gasteiger partial charge < -0.3 is 4.90 Å². The second-order valence-corrected chi connectivity index (χ2v) is 9.68. The Labute approximate surface area is 185 Å². The summed E-state index contributed by atoms with van der Waals surface area (Å²) in [5.41, 5.74) is 0.0417. The lowest BCUT2D eigenvalue weighted by Crippen LogP contribution is -2.49. The molecule has 0 atom stereocenters. The molecule has 1 saturated heterocycles. The van der Waals surface area contributed by atoms with Crippen molar-refractivity contribution in [2.24, 2.45) is 0 Å². The van der Waals surface area contributed by atoms with Crippen molar-refractivity contribution in [2.45, 2.75) is 13.5 Å². The standard InChI is InChI=1S/C21H20BrFN4O2S/c1-14-12-18(28)20(24-27(14)17-5-3-2-4-16(17)23)21(29)26-10-8-25(9-11-26)13-15-6-7-19(22)30-15/h2-7,12H,8-11,13H2,1H3. The van der Waals surface area contributed by atoms with Crippen molar-refractivity contribution in [3.05, 3.63) is 78.6 Å². The highest BCUT2D eigenvalue weighted by Crippen LogP contribution is 2.23. The summed E-state index contributed by atoms with van der Waals surface area (Å²) in [7, 11) is 0. The minimum absolute atomic E-state index is 0.181. The van der Waals surface area contributed by atoms with Crippen LogP contribution in [0.25, 0.3) is 5.69 Å². The number of aryl methyl sites for hydroxylation is 1. The Hall–Kier alpha value is -2.36. The zero-order chi connectivity index (χ0) is 21.3. The summed E-state index contributed by atoms with van der Waals surface area (Å²) in [5, 5.41) is 4.22. The molecule has 0 spiro atoms. The third kappa shape index (κ3) is 4.38. The highest BCUT2D eigenvalue weighted by molar-refractivity contribution is 9.11. The molecule has 4 rings (SSSR count). The maximum atomic E-state index is 14.2. The summed E-state index contributed by atoms with van der Waals surface area (Å²) in [6, 6.07) is 11.6. The maximum Gasteiger partial charge on any atom is 0.278 e. The third-order valence-corrected chi connectivity index (χ3v) is 6.67. The monoisotopic (exact) mass is 490 g/mol. The number of benzene rings is 1. The van der Waals surface area contributed by atoms with Gasteiger partial charge in [0.05, 0.1) is 3.79 Å². The van der Waals surface area contributed by atoms with Crippen LogP contribution in [0.4, 0.5) is 4.39 Å². The van der Waals surface area contributed by atoms with Gasteiger partial charge in [-0.05, 0) is 47.1 Å². The van der Waals surface area contributed by atoms with Crippen molar-refractivity contribution in [3.8, 4) is 5.69 Å². The Kier molecular flexibility index (Phi) is 6.12. The molecular weight excluding hydrogens is 471 g/mol. The lowest BCUT2D eigenvalue weighted by atomic mass is 10.2. The van der Waals surface area contributed by atoms with E-state index in [9.17, 15) is 14.0 Å². The largest absolute Gasteiger partial charge is 0.335 e. The predicted molar refractivity (Wildman–Crippen MR) is 118 cm³/mol. The van der Waals surface area contributed by atoms with E-state index in [1.54, 1.807) is 41.4 Å². The van der Waals surface area contributed by atoms with E-state index >= 15 is 0 Å². The molecule has 2 aromatic heterocycles. The lowest BCUT2D eigenvalue weighted by molar-refractivity contribution is 0.0620. The fourth-order valence-corrected chi connectivity index (χ4v) is 5.00. The number of aromatic nitrogens is 2. The molecular formula is C21H20BrFN4O2S. The van der Waals surface area contributed by atoms with Crippen LogP contribution in [0.15, 0.2) is 51.0 Å². The van der Waals surface area contributed by atoms with Gasteiger partial charge in [0, 0.05) is 49.4 Å². The smallest absolute Gasteiger partial charge is 0.278 e. The van der Waals surface area contributed by atoms with Gasteiger partial charge in [0.1, 0.15) is 11.5 Å². The van der Waals surface area contributed by atoms with E-state index in [2.05, 4.69) is 32.0 Å². The first-order valence-corrected chi connectivity index (χ1v) is 11.1. The van der Waals surface area contributed by atoms with E-state index in [1.807, 2.05) is 6.07 Å². The SMILES string of the molecule is Cc1cc(=O)c(C(=O)N2CCN(Cc3ccc(Br)s3)CC2)nn1-c1ccccc1F. The lowest BCUT2D eigenvalue weighted by Gasteiger charge is -2.34. The molecule has 0 aliphatic carbocycles. The summed E-state index contributed by atoms with van der Waals surface area (Å²) in [6.07, 6.45) is 0. The average Bonchev–Trinajstić information content (AvgIpc) is 3.13. The van der Waals surface area contributed by atoms with E-state index in [-0.39, 0.29) is 11.4 Å². The van der Waals surface area contributed by atoms with Gasteiger partial charge >= 0.3 is 0 Å². The van der Waals surface area contributed by atoms with Gasteiger partial charge in [-0.3, -0.25) is 14.5 Å². The van der Waals surface area contributed by atoms with Crippen LogP contribution in [-0.2, 0) is 6.54 Å². The molecule has 156 valence electrons. The number of amides is 1. The molecule has 1 amide bonds. The zero-order valence-corrected chi connectivity index (χ0v) is 18.7. The Morgan fingerprint density at radius 1 is 1.17 bits per heavy atom. The number of rotatable bonds is 4. The molecule has 0 N–H and O–H groups in total. The van der Waals surface area contributed by atoms with Crippen molar-refractivity contribution < 1.29 is 9.18 Å². The van der Waals surface area contributed by atoms with Crippen molar-refractivity contribution in [3.63, 3.8) is 0 Å². The number of hydrogen-bond donors (Lipinski definition) is 0. The molecule has 1 aliphatic heterocycles. The van der Waals surface area contributed by atoms with Crippen LogP contribution in [0.2, 0.25) is 0 Å². The molecule has 30 heavy (non-hydrogen) atoms. The summed E-state index contributed by atoms with van der Waals surface area (Å²) in [5.74, 6) is -0.882. The summed E-state index contributed by atoms with van der Waals surface area (Å²) >= 11 is 5.17. The molecule has 1 fully saturated rings. The Morgan fingerprint density at radius 3 is 2.57 bits per heavy atom. The molecule has 6 nitrogen and oxygen atoms in total. The van der Waals surface area contributed by atoms with Gasteiger partial charge in [-0.2, -0.15) is 5.10 Å². The van der Waals surface area contributed by atoms with Crippen LogP contribution in [0, 0.1) is 12.7 Å². The van der Waals surface area contributed by atoms with Crippen LogP contribution in [0.3, 0.4) is 0 Å². The van der Waals surface area contributed by atoms with Crippen LogP contribution in [0.5, 0.6) is 0 Å². The van der Waals surface area contributed by atoms with Crippen LogP contribution in [0.1, 0.15) is 21.1 Å². The number of hydrogen-bond acceptors (Lipinski definition) is 5. The molecule has 0 bridgehead atoms. The number of nitrogens with zero attached hydrogens (tertiary/aromatic N) is 4. The molecule has 0 saturated carbocycles. The van der Waals surface area contributed by atoms with E-state index < -0.39 is 17.2 Å². The summed E-state index contributed by atoms with van der Waals surface area (Å²) < 4.78 is 16.6. The van der Waals surface area contributed by atoms with Gasteiger partial charge in [-0.25, -0.2) is 9.07 Å². The van der Waals surface area contributed by atoms with Gasteiger partial charge in [-0.15, -0.1) is 11.3 Å². The highest BCUT2D eigenvalue weighted by atomic mass is 79.9. The Balaban J connectivity index is 1.50. The minimum atomic E-state index is -0.469. The first-order valence-electron chi connectivity index (χ1n) is 9.54. The van der Waals surface area contributed by atoms with Crippen LogP contribution in [-0.4, -0.2) is 51.7 Å². The average molecular weight is 491 g/mol. The van der Waals surface area contributed by atoms with Crippen LogP contribution >= 0.6 is 27.3 Å². The number of piperazine rings is 1. The third-order valence-electron chi connectivity index (χ3n) is 5.06. The number of halogens is 2. The van der Waals surface area contributed by atoms with Gasteiger partial charge in [-0.1, -0.05) is 12.1 Å². The van der Waals surface area contributed by atoms with Crippen molar-refractivity contribution in [1.82, 2.24) is 19.6 Å². The second kappa shape index (κ2) is 8.79. The number of carbonyl (C=O) groups is 1. The molecule has 1 aliphatic rings. The first-order chi connectivity index (χ1) is 14.4. The van der Waals surface area contributed by atoms with E-state index in [0.29, 0.717) is 31.9 Å². The van der Waals surface area contributed by atoms with Crippen molar-refractivity contribution >= 4 is 33.2 Å². The molecule has 9 heteroatoms. The highest BCUT2D eigenvalue weighted by Gasteiger charge is 2.26. The zero-order valence-electron chi connectivity index (χ0n) is 16.3. The van der Waals surface area contributed by atoms with Gasteiger partial charge in [0.15, 0.2) is 5.69 Å². The quantitative estimate of drug-likeness (QED) is 0.561. The van der Waals surface area contributed by atoms with Crippen molar-refractivity contribution in [2.75, 3.05) is 26.2 Å². The molecule has 3 heterocycles. The number of para-hydroxylation sites is 1. The Bertz CT molecular complexity index is 1140. The topological polar surface area (TPSA) is 58.4 Å². The molecule has 3 aromatic rings. The fourth-order valence-electron chi connectivity index (χ4n) is 3.48. The molecule has 0 unspecified atom stereocenters. The summed E-state index contributed by atoms with van der Waals surface area (Å²) in [6.45, 7) is 4.96. The molecule has 1 aromatic carbocycles. The Morgan fingerprint density at radius 2 is 1.90 bits per heavy atom. The molecule has 0 radical (unpaired) electrons. The van der Waals surface area contributed by atoms with E-state index in [1.165, 1.54) is 21.7 Å². The van der Waals surface area contributed by atoms with E-state index in [0.717, 1.165) is 10.3 Å². The number of thiophene rings is 1. The summed E-state index contributed by atoms with van der Waals surface area (Å²) in [4.78, 5) is 30.7. The number of carbonyl (C=O) groups excluding carboxylic acids is 1. The van der Waals surface area contributed by atoms with Crippen LogP contribution < -0.4 is 5.43 Å². The second-order valence-electron chi connectivity index (χ2n) is 7.14. The van der Waals surface area contributed by atoms with Gasteiger partial charge in [0.2, 0.25) is 5.43 Å². The van der Waals surface area contributed by atoms with Gasteiger partial charge in [0.25, 0.3) is 5.91 Å². The maximum absolute atomic E-state index is 14.2. The fraction of sp³-hybridized carbons (Fsp3) is 0.286. The van der Waals surface area contributed by atoms with Crippen molar-refractivity contribution in [1.29, 1.82) is 0 Å². The predicted octanol–water partition coefficient (Wildman–Crippen LogP) is 3.46.